The average Bonchev–Trinajstić information content (AvgIpc) is 2.72. The number of carbonyl (C=O) groups excluding carboxylic acids is 3. The molecule has 0 bridgehead atoms. The van der Waals surface area contributed by atoms with Gasteiger partial charge >= 0.3 is 6.09 Å². The Bertz CT molecular complexity index is 953. The number of benzene rings is 1. The van der Waals surface area contributed by atoms with Crippen LogP contribution in [0.5, 0.6) is 0 Å². The molecule has 2 unspecified atom stereocenters. The summed E-state index contributed by atoms with van der Waals surface area (Å²) in [5, 5.41) is 5.83. The Kier molecular flexibility index (Phi) is 10.3. The molecule has 0 aliphatic heterocycles. The Morgan fingerprint density at radius 1 is 1.14 bits per heavy atom. The van der Waals surface area contributed by atoms with Gasteiger partial charge in [-0.2, -0.15) is 11.8 Å². The van der Waals surface area contributed by atoms with Crippen molar-refractivity contribution in [2.24, 2.45) is 0 Å². The lowest BCUT2D eigenvalue weighted by atomic mass is 9.87. The van der Waals surface area contributed by atoms with E-state index in [1.54, 1.807) is 61.7 Å². The molecule has 3 amide bonds. The number of hydrogen-bond donors (Lipinski definition) is 2. The summed E-state index contributed by atoms with van der Waals surface area (Å²) in [6, 6.07) is 5.39. The van der Waals surface area contributed by atoms with Crippen molar-refractivity contribution < 1.29 is 19.1 Å². The molecule has 1 aliphatic rings. The number of nitrogens with zero attached hydrogens (tertiary/aromatic N) is 1. The van der Waals surface area contributed by atoms with Gasteiger partial charge in [0.1, 0.15) is 17.7 Å². The quantitative estimate of drug-likeness (QED) is 0.468. The molecular formula is C28H41N3O4S. The maximum absolute atomic E-state index is 14.1. The predicted octanol–water partition coefficient (Wildman–Crippen LogP) is 4.65. The van der Waals surface area contributed by atoms with Gasteiger partial charge in [0, 0.05) is 17.1 Å². The van der Waals surface area contributed by atoms with E-state index in [-0.39, 0.29) is 17.9 Å². The van der Waals surface area contributed by atoms with Gasteiger partial charge in [-0.1, -0.05) is 18.1 Å². The van der Waals surface area contributed by atoms with Gasteiger partial charge in [0.05, 0.1) is 0 Å². The Balaban J connectivity index is 2.50. The van der Waals surface area contributed by atoms with E-state index in [1.807, 2.05) is 27.0 Å². The molecule has 7 nitrogen and oxygen atoms in total. The molecule has 1 aromatic rings. The normalized spacial score (nSPS) is 15.6. The van der Waals surface area contributed by atoms with E-state index in [0.717, 1.165) is 19.3 Å². The topological polar surface area (TPSA) is 87.7 Å². The average molecular weight is 516 g/mol. The van der Waals surface area contributed by atoms with E-state index in [1.165, 1.54) is 0 Å². The summed E-state index contributed by atoms with van der Waals surface area (Å²) in [6.45, 7) is 11.1. The summed E-state index contributed by atoms with van der Waals surface area (Å²) in [5.74, 6) is 2.71. The number of hydrogen-bond acceptors (Lipinski definition) is 5. The van der Waals surface area contributed by atoms with Crippen LogP contribution >= 0.6 is 11.8 Å². The Labute approximate surface area is 220 Å². The van der Waals surface area contributed by atoms with E-state index in [2.05, 4.69) is 16.6 Å². The molecule has 2 rings (SSSR count). The van der Waals surface area contributed by atoms with Crippen molar-refractivity contribution in [3.05, 3.63) is 35.4 Å². The molecule has 1 aliphatic carbocycles. The first kappa shape index (κ1) is 29.6. The summed E-state index contributed by atoms with van der Waals surface area (Å²) in [5.41, 5.74) is 0.186. The second-order valence-electron chi connectivity index (χ2n) is 11.2. The first-order chi connectivity index (χ1) is 16.8. The molecule has 2 N–H and O–H groups in total. The van der Waals surface area contributed by atoms with Crippen molar-refractivity contribution in [2.75, 3.05) is 12.0 Å². The summed E-state index contributed by atoms with van der Waals surface area (Å²) in [7, 11) is 0. The second kappa shape index (κ2) is 12.5. The van der Waals surface area contributed by atoms with Crippen LogP contribution < -0.4 is 10.6 Å². The van der Waals surface area contributed by atoms with Crippen molar-refractivity contribution in [1.29, 1.82) is 0 Å². The molecule has 0 radical (unpaired) electrons. The summed E-state index contributed by atoms with van der Waals surface area (Å²) in [6.07, 6.45) is 9.84. The first-order valence-electron chi connectivity index (χ1n) is 12.4. The highest BCUT2D eigenvalue weighted by molar-refractivity contribution is 7.98. The summed E-state index contributed by atoms with van der Waals surface area (Å²) >= 11 is 1.59. The van der Waals surface area contributed by atoms with E-state index >= 15 is 0 Å². The zero-order valence-electron chi connectivity index (χ0n) is 22.6. The van der Waals surface area contributed by atoms with Crippen LogP contribution in [-0.4, -0.2) is 58.0 Å². The molecule has 0 spiro atoms. The van der Waals surface area contributed by atoms with E-state index in [4.69, 9.17) is 11.2 Å². The van der Waals surface area contributed by atoms with Crippen LogP contribution in [0.4, 0.5) is 4.79 Å². The van der Waals surface area contributed by atoms with Gasteiger partial charge in [0.15, 0.2) is 0 Å². The number of alkyl carbamates (subject to hydrolysis) is 1. The van der Waals surface area contributed by atoms with Crippen LogP contribution in [0.2, 0.25) is 0 Å². The number of thioether (sulfide) groups is 1. The van der Waals surface area contributed by atoms with Gasteiger partial charge in [-0.05, 0) is 96.9 Å². The molecule has 2 atom stereocenters. The van der Waals surface area contributed by atoms with E-state index in [0.29, 0.717) is 23.3 Å². The van der Waals surface area contributed by atoms with Gasteiger partial charge in [-0.25, -0.2) is 4.79 Å². The van der Waals surface area contributed by atoms with Crippen LogP contribution in [0.1, 0.15) is 84.4 Å². The highest BCUT2D eigenvalue weighted by Crippen LogP contribution is 2.34. The van der Waals surface area contributed by atoms with Crippen molar-refractivity contribution in [2.45, 2.75) is 96.5 Å². The molecule has 0 heterocycles. The molecule has 198 valence electrons. The lowest BCUT2D eigenvalue weighted by Gasteiger charge is -2.44. The molecule has 8 heteroatoms. The Hall–Kier alpha value is -2.66. The van der Waals surface area contributed by atoms with Crippen LogP contribution in [0.15, 0.2) is 24.3 Å². The minimum absolute atomic E-state index is 0.0993. The zero-order valence-corrected chi connectivity index (χ0v) is 23.5. The molecule has 1 fully saturated rings. The van der Waals surface area contributed by atoms with Crippen LogP contribution in [0.3, 0.4) is 0 Å². The molecule has 1 saturated carbocycles. The SMILES string of the molecule is C#Cc1ccc(C(C(=O)NC(C)(C)C)N(C(=O)C(CCSC)NC(=O)OC(C)(C)C)C2CCC2)cc1. The summed E-state index contributed by atoms with van der Waals surface area (Å²) in [4.78, 5) is 42.1. The third kappa shape index (κ3) is 8.77. The smallest absolute Gasteiger partial charge is 0.408 e. The number of carbonyl (C=O) groups is 3. The van der Waals surface area contributed by atoms with Crippen molar-refractivity contribution in [3.8, 4) is 12.3 Å². The first-order valence-corrected chi connectivity index (χ1v) is 13.8. The number of nitrogens with one attached hydrogen (secondary N) is 2. The zero-order chi connectivity index (χ0) is 27.1. The fourth-order valence-corrected chi connectivity index (χ4v) is 4.42. The number of amides is 3. The highest BCUT2D eigenvalue weighted by atomic mass is 32.2. The fourth-order valence-electron chi connectivity index (χ4n) is 3.94. The molecule has 0 saturated heterocycles. The Morgan fingerprint density at radius 3 is 2.19 bits per heavy atom. The number of ether oxygens (including phenoxy) is 1. The lowest BCUT2D eigenvalue weighted by molar-refractivity contribution is -0.148. The van der Waals surface area contributed by atoms with Crippen LogP contribution in [0.25, 0.3) is 0 Å². The lowest BCUT2D eigenvalue weighted by Crippen LogP contribution is -2.58. The fraction of sp³-hybridized carbons (Fsp3) is 0.607. The van der Waals surface area contributed by atoms with Gasteiger partial charge in [-0.15, -0.1) is 6.42 Å². The summed E-state index contributed by atoms with van der Waals surface area (Å²) < 4.78 is 5.44. The highest BCUT2D eigenvalue weighted by Gasteiger charge is 2.42. The second-order valence-corrected chi connectivity index (χ2v) is 12.2. The van der Waals surface area contributed by atoms with Crippen molar-refractivity contribution in [1.82, 2.24) is 15.5 Å². The Morgan fingerprint density at radius 2 is 1.75 bits per heavy atom. The monoisotopic (exact) mass is 515 g/mol. The minimum atomic E-state index is -0.855. The predicted molar refractivity (Wildman–Crippen MR) is 146 cm³/mol. The van der Waals surface area contributed by atoms with E-state index < -0.39 is 29.3 Å². The minimum Gasteiger partial charge on any atom is -0.444 e. The third-order valence-corrected chi connectivity index (χ3v) is 6.38. The van der Waals surface area contributed by atoms with Crippen LogP contribution in [0, 0.1) is 12.3 Å². The van der Waals surface area contributed by atoms with Gasteiger partial charge < -0.3 is 20.3 Å². The van der Waals surface area contributed by atoms with Gasteiger partial charge in [0.25, 0.3) is 0 Å². The maximum atomic E-state index is 14.1. The van der Waals surface area contributed by atoms with Crippen LogP contribution in [-0.2, 0) is 14.3 Å². The van der Waals surface area contributed by atoms with E-state index in [9.17, 15) is 14.4 Å². The molecular weight excluding hydrogens is 474 g/mol. The number of terminal acetylenes is 1. The largest absolute Gasteiger partial charge is 0.444 e. The van der Waals surface area contributed by atoms with Crippen molar-refractivity contribution >= 4 is 29.7 Å². The molecule has 0 aromatic heterocycles. The third-order valence-electron chi connectivity index (χ3n) is 5.74. The van der Waals surface area contributed by atoms with Gasteiger partial charge in [0.2, 0.25) is 11.8 Å². The molecule has 36 heavy (non-hydrogen) atoms. The number of rotatable bonds is 9. The molecule has 1 aromatic carbocycles. The van der Waals surface area contributed by atoms with Gasteiger partial charge in [-0.3, -0.25) is 9.59 Å². The van der Waals surface area contributed by atoms with Crippen molar-refractivity contribution in [3.63, 3.8) is 0 Å². The standard InChI is InChI=1S/C28H41N3O4S/c1-9-19-13-15-20(16-14-19)23(24(32)30-27(2,3)4)31(21-11-10-12-21)25(33)22(17-18-36-8)29-26(34)35-28(5,6)7/h1,13-16,21-23H,10-12,17-18H2,2-8H3,(H,29,34)(H,30,32). The maximum Gasteiger partial charge on any atom is 0.408 e.